The lowest BCUT2D eigenvalue weighted by atomic mass is 9.93. The minimum absolute atomic E-state index is 0.0592. The van der Waals surface area contributed by atoms with Crippen LogP contribution in [0.2, 0.25) is 0 Å². The van der Waals surface area contributed by atoms with E-state index in [-0.39, 0.29) is 24.2 Å². The van der Waals surface area contributed by atoms with Gasteiger partial charge in [0.15, 0.2) is 12.6 Å². The molecule has 6 nitrogen and oxygen atoms in total. The molecule has 0 saturated carbocycles. The molecule has 0 aromatic rings. The number of amides is 1. The third-order valence-electron chi connectivity index (χ3n) is 3.50. The van der Waals surface area contributed by atoms with E-state index < -0.39 is 18.6 Å². The molecule has 0 aromatic carbocycles. The molecule has 0 unspecified atom stereocenters. The summed E-state index contributed by atoms with van der Waals surface area (Å²) in [6.45, 7) is 2.99. The van der Waals surface area contributed by atoms with Crippen molar-refractivity contribution in [3.8, 4) is 0 Å². The number of ether oxygens (including phenoxy) is 1. The Balaban J connectivity index is 2.90. The van der Waals surface area contributed by atoms with Gasteiger partial charge >= 0.3 is 0 Å². The van der Waals surface area contributed by atoms with E-state index in [1.54, 1.807) is 0 Å². The SMILES string of the molecule is CCC(CC)O[C@@H]1C=CC[C@H](N=C(N)N)[C@H]1NC(=O)CF. The van der Waals surface area contributed by atoms with E-state index in [9.17, 15) is 9.18 Å². The van der Waals surface area contributed by atoms with Gasteiger partial charge in [0.25, 0.3) is 5.91 Å². The standard InChI is InChI=1S/C14H25FN4O2/c1-3-9(4-2)21-11-7-5-6-10(18-14(16)17)13(11)19-12(20)8-15/h5,7,9-11,13H,3-4,6,8H2,1-2H3,(H,19,20)(H4,16,17,18)/t10-,11+,13+/m0/s1. The van der Waals surface area contributed by atoms with E-state index in [0.29, 0.717) is 6.42 Å². The van der Waals surface area contributed by atoms with Crippen molar-refractivity contribution in [1.82, 2.24) is 5.32 Å². The molecular formula is C14H25FN4O2. The first-order chi connectivity index (χ1) is 10.0. The molecule has 120 valence electrons. The number of nitrogens with zero attached hydrogens (tertiary/aromatic N) is 1. The number of carbonyl (C=O) groups excluding carboxylic acids is 1. The van der Waals surface area contributed by atoms with Gasteiger partial charge in [-0.15, -0.1) is 0 Å². The molecule has 1 aliphatic carbocycles. The molecule has 0 fully saturated rings. The van der Waals surface area contributed by atoms with Crippen LogP contribution in [0.25, 0.3) is 0 Å². The average Bonchev–Trinajstić information content (AvgIpc) is 2.46. The number of halogens is 1. The highest BCUT2D eigenvalue weighted by Gasteiger charge is 2.33. The summed E-state index contributed by atoms with van der Waals surface area (Å²) in [5.41, 5.74) is 10.8. The maximum Gasteiger partial charge on any atom is 0.251 e. The summed E-state index contributed by atoms with van der Waals surface area (Å²) in [5.74, 6) is -0.750. The van der Waals surface area contributed by atoms with Crippen LogP contribution in [0.4, 0.5) is 4.39 Å². The Labute approximate surface area is 124 Å². The maximum atomic E-state index is 12.5. The van der Waals surface area contributed by atoms with Gasteiger partial charge in [-0.1, -0.05) is 26.0 Å². The Morgan fingerprint density at radius 3 is 2.67 bits per heavy atom. The van der Waals surface area contributed by atoms with Crippen molar-refractivity contribution >= 4 is 11.9 Å². The fraction of sp³-hybridized carbons (Fsp3) is 0.714. The number of aliphatic imine (C=N–C) groups is 1. The summed E-state index contributed by atoms with van der Waals surface area (Å²) in [6, 6.07) is -0.823. The first-order valence-corrected chi connectivity index (χ1v) is 7.27. The second-order valence-corrected chi connectivity index (χ2v) is 5.05. The molecule has 0 radical (unpaired) electrons. The Hall–Kier alpha value is -1.63. The normalized spacial score (nSPS) is 24.9. The summed E-state index contributed by atoms with van der Waals surface area (Å²) in [6.07, 6.45) is 5.78. The van der Waals surface area contributed by atoms with E-state index in [4.69, 9.17) is 16.2 Å². The Bertz CT molecular complexity index is 392. The highest BCUT2D eigenvalue weighted by molar-refractivity contribution is 5.78. The van der Waals surface area contributed by atoms with Crippen LogP contribution in [-0.2, 0) is 9.53 Å². The van der Waals surface area contributed by atoms with Crippen LogP contribution in [0.15, 0.2) is 17.1 Å². The van der Waals surface area contributed by atoms with Crippen LogP contribution in [0.1, 0.15) is 33.1 Å². The number of alkyl halides is 1. The van der Waals surface area contributed by atoms with E-state index in [1.165, 1.54) is 0 Å². The van der Waals surface area contributed by atoms with Crippen molar-refractivity contribution in [3.05, 3.63) is 12.2 Å². The van der Waals surface area contributed by atoms with Gasteiger partial charge in [0, 0.05) is 0 Å². The first kappa shape index (κ1) is 17.4. The number of rotatable bonds is 7. The molecule has 3 atom stereocenters. The van der Waals surface area contributed by atoms with Crippen molar-refractivity contribution in [1.29, 1.82) is 0 Å². The smallest absolute Gasteiger partial charge is 0.251 e. The lowest BCUT2D eigenvalue weighted by Crippen LogP contribution is -2.53. The topological polar surface area (TPSA) is 103 Å². The van der Waals surface area contributed by atoms with Gasteiger partial charge in [0.1, 0.15) is 0 Å². The summed E-state index contributed by atoms with van der Waals surface area (Å²) in [7, 11) is 0. The molecule has 1 amide bonds. The number of guanidine groups is 1. The number of carbonyl (C=O) groups is 1. The van der Waals surface area contributed by atoms with Gasteiger partial charge in [0.05, 0.1) is 24.3 Å². The molecule has 0 bridgehead atoms. The van der Waals surface area contributed by atoms with Crippen molar-refractivity contribution in [2.75, 3.05) is 6.67 Å². The highest BCUT2D eigenvalue weighted by Crippen LogP contribution is 2.21. The average molecular weight is 300 g/mol. The van der Waals surface area contributed by atoms with Gasteiger partial charge in [0.2, 0.25) is 0 Å². The van der Waals surface area contributed by atoms with Gasteiger partial charge < -0.3 is 21.5 Å². The van der Waals surface area contributed by atoms with Crippen LogP contribution in [0.3, 0.4) is 0 Å². The van der Waals surface area contributed by atoms with E-state index in [1.807, 2.05) is 26.0 Å². The molecule has 0 spiro atoms. The predicted molar refractivity (Wildman–Crippen MR) is 80.5 cm³/mol. The molecular weight excluding hydrogens is 275 g/mol. The molecule has 1 rings (SSSR count). The third kappa shape index (κ3) is 5.34. The van der Waals surface area contributed by atoms with Crippen LogP contribution in [0, 0.1) is 0 Å². The fourth-order valence-electron chi connectivity index (χ4n) is 2.40. The second-order valence-electron chi connectivity index (χ2n) is 5.05. The summed E-state index contributed by atoms with van der Waals surface area (Å²) in [4.78, 5) is 15.5. The molecule has 0 heterocycles. The largest absolute Gasteiger partial charge is 0.370 e. The molecule has 5 N–H and O–H groups in total. The quantitative estimate of drug-likeness (QED) is 0.364. The lowest BCUT2D eigenvalue weighted by Gasteiger charge is -2.35. The van der Waals surface area contributed by atoms with Crippen molar-refractivity contribution in [2.45, 2.75) is 57.4 Å². The minimum Gasteiger partial charge on any atom is -0.370 e. The number of hydrogen-bond donors (Lipinski definition) is 3. The fourth-order valence-corrected chi connectivity index (χ4v) is 2.40. The van der Waals surface area contributed by atoms with E-state index in [0.717, 1.165) is 12.8 Å². The van der Waals surface area contributed by atoms with E-state index in [2.05, 4.69) is 10.3 Å². The zero-order chi connectivity index (χ0) is 15.8. The van der Waals surface area contributed by atoms with Crippen molar-refractivity contribution in [2.24, 2.45) is 16.5 Å². The highest BCUT2D eigenvalue weighted by atomic mass is 19.1. The first-order valence-electron chi connectivity index (χ1n) is 7.27. The molecule has 0 aliphatic heterocycles. The molecule has 1 aliphatic rings. The summed E-state index contributed by atoms with van der Waals surface area (Å²) >= 11 is 0. The monoisotopic (exact) mass is 300 g/mol. The van der Waals surface area contributed by atoms with Gasteiger partial charge in [-0.05, 0) is 19.3 Å². The molecule has 7 heteroatoms. The van der Waals surface area contributed by atoms with Crippen LogP contribution >= 0.6 is 0 Å². The van der Waals surface area contributed by atoms with Crippen LogP contribution in [0.5, 0.6) is 0 Å². The second kappa shape index (κ2) is 8.61. The Morgan fingerprint density at radius 2 is 2.14 bits per heavy atom. The van der Waals surface area contributed by atoms with Crippen molar-refractivity contribution < 1.29 is 13.9 Å². The van der Waals surface area contributed by atoms with E-state index >= 15 is 0 Å². The number of hydrogen-bond acceptors (Lipinski definition) is 3. The summed E-state index contributed by atoms with van der Waals surface area (Å²) < 4.78 is 18.5. The lowest BCUT2D eigenvalue weighted by molar-refractivity contribution is -0.124. The maximum absolute atomic E-state index is 12.5. The molecule has 0 aromatic heterocycles. The third-order valence-corrected chi connectivity index (χ3v) is 3.50. The molecule has 0 saturated heterocycles. The minimum atomic E-state index is -1.08. The Kier molecular flexibility index (Phi) is 7.14. The van der Waals surface area contributed by atoms with Gasteiger partial charge in [-0.3, -0.25) is 4.79 Å². The van der Waals surface area contributed by atoms with Crippen LogP contribution < -0.4 is 16.8 Å². The van der Waals surface area contributed by atoms with Crippen LogP contribution in [-0.4, -0.2) is 42.8 Å². The molecule has 21 heavy (non-hydrogen) atoms. The van der Waals surface area contributed by atoms with Gasteiger partial charge in [-0.25, -0.2) is 9.38 Å². The number of nitrogens with one attached hydrogen (secondary N) is 1. The predicted octanol–water partition coefficient (Wildman–Crippen LogP) is 0.616. The Morgan fingerprint density at radius 1 is 1.48 bits per heavy atom. The van der Waals surface area contributed by atoms with Crippen molar-refractivity contribution in [3.63, 3.8) is 0 Å². The van der Waals surface area contributed by atoms with Gasteiger partial charge in [-0.2, -0.15) is 0 Å². The number of nitrogens with two attached hydrogens (primary N) is 2. The zero-order valence-corrected chi connectivity index (χ0v) is 12.6. The summed E-state index contributed by atoms with van der Waals surface area (Å²) in [5, 5.41) is 2.62. The zero-order valence-electron chi connectivity index (χ0n) is 12.6.